The van der Waals surface area contributed by atoms with Gasteiger partial charge in [-0.15, -0.1) is 0 Å². The fourth-order valence-corrected chi connectivity index (χ4v) is 9.39. The summed E-state index contributed by atoms with van der Waals surface area (Å²) in [5.74, 6) is 0.221. The zero-order valence-electron chi connectivity index (χ0n) is 33.4. The average Bonchev–Trinajstić information content (AvgIpc) is 4.04. The van der Waals surface area contributed by atoms with Crippen molar-refractivity contribution < 1.29 is 76.7 Å². The molecule has 0 fully saturated rings. The first kappa shape index (κ1) is 40.6. The quantitative estimate of drug-likeness (QED) is 0.110. The Morgan fingerprint density at radius 2 is 1.87 bits per heavy atom. The van der Waals surface area contributed by atoms with E-state index in [1.165, 1.54) is 0 Å². The number of aliphatic hydroxyl groups is 1. The minimum atomic E-state index is -5.07. The molecule has 0 saturated carbocycles. The van der Waals surface area contributed by atoms with E-state index in [2.05, 4.69) is 16.0 Å². The number of amides is 2. The van der Waals surface area contributed by atoms with Gasteiger partial charge in [0.15, 0.2) is 23.4 Å². The van der Waals surface area contributed by atoms with Gasteiger partial charge in [0.2, 0.25) is 17.7 Å². The molecule has 5 N–H and O–H groups in total. The molecule has 5 atom stereocenters. The number of phosphoric ester groups is 1. The number of nitrogens with zero attached hydrogens (tertiary/aromatic N) is 3. The van der Waals surface area contributed by atoms with Crippen LogP contribution in [-0.2, 0) is 37.2 Å². The van der Waals surface area contributed by atoms with Crippen molar-refractivity contribution in [3.05, 3.63) is 95.3 Å². The van der Waals surface area contributed by atoms with E-state index >= 15 is 0 Å². The number of ether oxygens (including phenoxy) is 1. The van der Waals surface area contributed by atoms with Crippen molar-refractivity contribution in [1.82, 2.24) is 25.2 Å². The molecule has 4 aliphatic heterocycles. The molecule has 2 amide bonds. The predicted molar refractivity (Wildman–Crippen MR) is 211 cm³/mol. The molecule has 16 nitrogen and oxygen atoms in total. The zero-order chi connectivity index (χ0) is 41.2. The maximum Gasteiger partial charge on any atom is 1.00 e. The zero-order valence-corrected chi connectivity index (χ0v) is 36.3. The summed E-state index contributed by atoms with van der Waals surface area (Å²) >= 11 is 0. The first-order valence-corrected chi connectivity index (χ1v) is 21.1. The number of aromatic nitrogens is 3. The molecule has 3 unspecified atom stereocenters. The van der Waals surface area contributed by atoms with Crippen LogP contribution >= 0.6 is 7.82 Å². The minimum Gasteiger partial charge on any atom is -0.756 e. The number of fused-ring (bicyclic) bond motifs is 7. The van der Waals surface area contributed by atoms with Gasteiger partial charge in [0.05, 0.1) is 11.7 Å². The number of anilines is 1. The molecule has 0 saturated heterocycles. The number of carbonyl (C=O) groups is 2. The van der Waals surface area contributed by atoms with Gasteiger partial charge in [-0.05, 0) is 42.0 Å². The SMILES string of the molecule is CCC(O)(CC)C(=O)N[C@H]1Cc2ccc3c(c2)C24c5cccc(c5NC2O3)-c2cccc3c2c(cn3COP(=O)([O-])O)-c2cnc(o2)-c2nc(oc24)[C@H](C(C)C)NC1=O.[Na+]. The Balaban J connectivity index is 0.00000462. The Kier molecular flexibility index (Phi) is 9.76. The van der Waals surface area contributed by atoms with E-state index in [9.17, 15) is 29.0 Å². The van der Waals surface area contributed by atoms with E-state index in [0.717, 1.165) is 33.5 Å². The van der Waals surface area contributed by atoms with Gasteiger partial charge in [-0.3, -0.25) is 18.7 Å². The van der Waals surface area contributed by atoms with Crippen molar-refractivity contribution in [2.75, 3.05) is 5.32 Å². The van der Waals surface area contributed by atoms with Crippen LogP contribution < -0.4 is 55.1 Å². The first-order chi connectivity index (χ1) is 28.2. The van der Waals surface area contributed by atoms with Crippen LogP contribution in [0.4, 0.5) is 5.69 Å². The summed E-state index contributed by atoms with van der Waals surface area (Å²) in [6, 6.07) is 15.4. The largest absolute Gasteiger partial charge is 1.00 e. The van der Waals surface area contributed by atoms with E-state index in [4.69, 9.17) is 28.1 Å². The van der Waals surface area contributed by atoms with Gasteiger partial charge in [-0.2, -0.15) is 0 Å². The van der Waals surface area contributed by atoms with Gasteiger partial charge >= 0.3 is 29.6 Å². The standard InChI is InChI=1S/C42H41N6O10P.Na/c1-5-41(51,6-2)39(50)44-27-16-21-13-14-29-26(15-21)42-25-11-7-10-23(33(25)47-40(42)57-29)22-9-8-12-28-31(22)24(18-48(28)19-55-59(52,53)54)30-17-43-37(56-30)34-35(42)58-38(46-34)32(20(3)4)45-36(27)49;/h7-15,17-18,20,27,32,40,47,51H,5-6,16,19H2,1-4H3,(H,44,50)(H,45,49)(H2,52,53,54);/q;+1/p-1/t27-,32-,40?,42?;/m0./s1. The Labute approximate surface area is 365 Å². The molecular formula is C42H40N6NaO10P. The summed E-state index contributed by atoms with van der Waals surface area (Å²) in [4.78, 5) is 58.9. The smallest absolute Gasteiger partial charge is 0.756 e. The van der Waals surface area contributed by atoms with E-state index in [-0.39, 0.29) is 72.2 Å². The summed E-state index contributed by atoms with van der Waals surface area (Å²) < 4.78 is 38.5. The molecule has 3 aromatic heterocycles. The molecule has 4 aliphatic rings. The van der Waals surface area contributed by atoms with Crippen LogP contribution in [0.25, 0.3) is 44.9 Å². The molecule has 10 rings (SSSR count). The molecule has 6 aromatic rings. The fraction of sp³-hybridized carbons (Fsp3) is 0.333. The van der Waals surface area contributed by atoms with E-state index in [1.807, 2.05) is 68.4 Å². The maximum atomic E-state index is 14.3. The monoisotopic (exact) mass is 842 g/mol. The number of para-hydroxylation sites is 1. The molecule has 0 radical (unpaired) electrons. The molecule has 10 bridgehead atoms. The maximum absolute atomic E-state index is 14.3. The van der Waals surface area contributed by atoms with Gasteiger partial charge in [0.25, 0.3) is 13.7 Å². The van der Waals surface area contributed by atoms with Gasteiger partial charge in [0, 0.05) is 45.9 Å². The van der Waals surface area contributed by atoms with Crippen LogP contribution in [0.3, 0.4) is 0 Å². The number of phosphoric acid groups is 1. The predicted octanol–water partition coefficient (Wildman–Crippen LogP) is 2.25. The van der Waals surface area contributed by atoms with Crippen LogP contribution in [0, 0.1) is 5.92 Å². The molecule has 7 heterocycles. The van der Waals surface area contributed by atoms with E-state index in [0.29, 0.717) is 33.7 Å². The third kappa shape index (κ3) is 6.03. The van der Waals surface area contributed by atoms with Crippen molar-refractivity contribution in [2.24, 2.45) is 5.92 Å². The minimum absolute atomic E-state index is 0. The first-order valence-electron chi connectivity index (χ1n) is 19.6. The van der Waals surface area contributed by atoms with Gasteiger partial charge in [-0.1, -0.05) is 70.2 Å². The third-order valence-corrected chi connectivity index (χ3v) is 12.7. The van der Waals surface area contributed by atoms with Crippen molar-refractivity contribution in [2.45, 2.75) is 83.0 Å². The van der Waals surface area contributed by atoms with Gasteiger partial charge in [0.1, 0.15) is 35.6 Å². The number of benzene rings is 3. The molecule has 60 heavy (non-hydrogen) atoms. The fourth-order valence-electron chi connectivity index (χ4n) is 9.12. The number of rotatable bonds is 8. The Hall–Kier alpha value is -4.77. The van der Waals surface area contributed by atoms with Crippen LogP contribution in [-0.4, -0.2) is 54.2 Å². The Morgan fingerprint density at radius 1 is 1.10 bits per heavy atom. The van der Waals surface area contributed by atoms with Crippen LogP contribution in [0.5, 0.6) is 5.75 Å². The van der Waals surface area contributed by atoms with Crippen LogP contribution in [0.2, 0.25) is 0 Å². The molecule has 18 heteroatoms. The average molecular weight is 843 g/mol. The summed E-state index contributed by atoms with van der Waals surface area (Å²) in [5, 5.41) is 21.5. The van der Waals surface area contributed by atoms with Crippen molar-refractivity contribution in [1.29, 1.82) is 0 Å². The Morgan fingerprint density at radius 3 is 2.62 bits per heavy atom. The third-order valence-electron chi connectivity index (χ3n) is 12.3. The molecule has 3 aromatic carbocycles. The second kappa shape index (κ2) is 14.4. The number of hydrogen-bond donors (Lipinski definition) is 5. The topological polar surface area (TPSA) is 226 Å². The summed E-state index contributed by atoms with van der Waals surface area (Å²) in [6.45, 7) is 6.80. The van der Waals surface area contributed by atoms with Crippen molar-refractivity contribution in [3.8, 4) is 39.8 Å². The molecule has 304 valence electrons. The summed E-state index contributed by atoms with van der Waals surface area (Å²) in [6.07, 6.45) is 2.92. The number of hydrogen-bond acceptors (Lipinski definition) is 12. The summed E-state index contributed by atoms with van der Waals surface area (Å²) in [7, 11) is -5.07. The number of carbonyl (C=O) groups excluding carboxylic acids is 2. The summed E-state index contributed by atoms with van der Waals surface area (Å²) in [5.41, 5.74) is 3.21. The normalized spacial score (nSPS) is 21.7. The van der Waals surface area contributed by atoms with Gasteiger partial charge < -0.3 is 49.0 Å². The van der Waals surface area contributed by atoms with Crippen molar-refractivity contribution >= 4 is 36.2 Å². The van der Waals surface area contributed by atoms with E-state index < -0.39 is 55.7 Å². The molecular weight excluding hydrogens is 802 g/mol. The number of nitrogens with one attached hydrogen (secondary N) is 3. The Bertz CT molecular complexity index is 2790. The van der Waals surface area contributed by atoms with Gasteiger partial charge in [-0.25, -0.2) is 9.97 Å². The van der Waals surface area contributed by atoms with Crippen molar-refractivity contribution in [3.63, 3.8) is 0 Å². The second-order valence-electron chi connectivity index (χ2n) is 15.9. The van der Waals surface area contributed by atoms with Crippen LogP contribution in [0.1, 0.15) is 74.9 Å². The number of oxazole rings is 2. The molecule has 1 spiro atoms. The van der Waals surface area contributed by atoms with E-state index in [1.54, 1.807) is 30.8 Å². The molecule has 0 aliphatic carbocycles. The van der Waals surface area contributed by atoms with Crippen LogP contribution in [0.15, 0.2) is 75.8 Å². The second-order valence-corrected chi connectivity index (χ2v) is 17.1.